The second kappa shape index (κ2) is 8.44. The van der Waals surface area contributed by atoms with Gasteiger partial charge in [-0.3, -0.25) is 0 Å². The first-order valence-electron chi connectivity index (χ1n) is 9.85. The summed E-state index contributed by atoms with van der Waals surface area (Å²) in [6.07, 6.45) is 3.01. The summed E-state index contributed by atoms with van der Waals surface area (Å²) in [6.45, 7) is 3.38. The lowest BCUT2D eigenvalue weighted by molar-refractivity contribution is 0.206. The largest absolute Gasteiger partial charge is 0.491 e. The van der Waals surface area contributed by atoms with Crippen LogP contribution in [0.3, 0.4) is 0 Å². The third kappa shape index (κ3) is 4.25. The van der Waals surface area contributed by atoms with Gasteiger partial charge in [-0.2, -0.15) is 0 Å². The van der Waals surface area contributed by atoms with Crippen LogP contribution in [0, 0.1) is 5.92 Å². The molecule has 2 fully saturated rings. The van der Waals surface area contributed by atoms with Crippen molar-refractivity contribution in [1.29, 1.82) is 0 Å². The first kappa shape index (κ1) is 17.9. The second-order valence-electron chi connectivity index (χ2n) is 7.33. The van der Waals surface area contributed by atoms with E-state index >= 15 is 0 Å². The molecule has 2 saturated heterocycles. The molecule has 5 heteroatoms. The number of carbonyl (C=O) groups excluding carboxylic acids is 1. The Balaban J connectivity index is 1.31. The maximum Gasteiger partial charge on any atom is 0.322 e. The molecule has 0 saturated carbocycles. The maximum absolute atomic E-state index is 12.8. The van der Waals surface area contributed by atoms with E-state index in [1.165, 1.54) is 5.56 Å². The summed E-state index contributed by atoms with van der Waals surface area (Å²) in [5, 5.41) is 6.44. The summed E-state index contributed by atoms with van der Waals surface area (Å²) in [5.74, 6) is 1.33. The Labute approximate surface area is 160 Å². The number of fused-ring (bicyclic) bond motifs is 1. The number of hydrogen-bond donors (Lipinski definition) is 2. The molecule has 2 heterocycles. The molecule has 0 spiro atoms. The number of para-hydroxylation sites is 2. The average molecular weight is 365 g/mol. The average Bonchev–Trinajstić information content (AvgIpc) is 3.31. The minimum atomic E-state index is -0.0217. The second-order valence-corrected chi connectivity index (χ2v) is 7.33. The number of urea groups is 1. The normalized spacial score (nSPS) is 21.1. The van der Waals surface area contributed by atoms with Gasteiger partial charge in [0.05, 0.1) is 12.3 Å². The van der Waals surface area contributed by atoms with E-state index < -0.39 is 0 Å². The van der Waals surface area contributed by atoms with Crippen LogP contribution < -0.4 is 15.4 Å². The fourth-order valence-electron chi connectivity index (χ4n) is 4.09. The highest BCUT2D eigenvalue weighted by molar-refractivity contribution is 5.91. The molecule has 2 aromatic carbocycles. The van der Waals surface area contributed by atoms with E-state index in [4.69, 9.17) is 4.74 Å². The Hall–Kier alpha value is -2.53. The van der Waals surface area contributed by atoms with Gasteiger partial charge in [-0.05, 0) is 42.9 Å². The summed E-state index contributed by atoms with van der Waals surface area (Å²) in [6, 6.07) is 18.4. The number of nitrogens with one attached hydrogen (secondary N) is 2. The van der Waals surface area contributed by atoms with Crippen LogP contribution in [0.4, 0.5) is 10.5 Å². The van der Waals surface area contributed by atoms with Gasteiger partial charge in [-0.1, -0.05) is 42.5 Å². The van der Waals surface area contributed by atoms with Gasteiger partial charge in [0.25, 0.3) is 0 Å². The molecule has 2 aliphatic rings. The molecule has 0 unspecified atom stereocenters. The van der Waals surface area contributed by atoms with Gasteiger partial charge >= 0.3 is 6.03 Å². The SMILES string of the molecule is O=C(Nc1ccccc1OCCCc1ccccc1)N1CC[C@H]2CNC[C@H]21. The van der Waals surface area contributed by atoms with E-state index in [0.717, 1.165) is 50.3 Å². The number of amides is 2. The van der Waals surface area contributed by atoms with Gasteiger partial charge in [-0.25, -0.2) is 4.79 Å². The van der Waals surface area contributed by atoms with Crippen LogP contribution in [-0.4, -0.2) is 43.2 Å². The van der Waals surface area contributed by atoms with Crippen molar-refractivity contribution in [3.8, 4) is 5.75 Å². The molecule has 0 bridgehead atoms. The van der Waals surface area contributed by atoms with E-state index in [0.29, 0.717) is 18.6 Å². The Morgan fingerprint density at radius 3 is 2.81 bits per heavy atom. The van der Waals surface area contributed by atoms with E-state index in [-0.39, 0.29) is 6.03 Å². The number of aryl methyl sites for hydroxylation is 1. The van der Waals surface area contributed by atoms with Crippen LogP contribution in [0.15, 0.2) is 54.6 Å². The Kier molecular flexibility index (Phi) is 5.58. The Bertz CT molecular complexity index is 765. The zero-order valence-electron chi connectivity index (χ0n) is 15.6. The third-order valence-corrected chi connectivity index (χ3v) is 5.54. The summed E-state index contributed by atoms with van der Waals surface area (Å²) in [5.41, 5.74) is 2.06. The molecule has 142 valence electrons. The maximum atomic E-state index is 12.8. The molecule has 2 amide bonds. The number of anilines is 1. The number of rotatable bonds is 6. The van der Waals surface area contributed by atoms with Crippen molar-refractivity contribution in [2.24, 2.45) is 5.92 Å². The summed E-state index contributed by atoms with van der Waals surface area (Å²) in [7, 11) is 0. The van der Waals surface area contributed by atoms with E-state index in [1.807, 2.05) is 35.2 Å². The Morgan fingerprint density at radius 1 is 1.11 bits per heavy atom. The van der Waals surface area contributed by atoms with Gasteiger partial charge in [0.1, 0.15) is 5.75 Å². The smallest absolute Gasteiger partial charge is 0.322 e. The van der Waals surface area contributed by atoms with Crippen molar-refractivity contribution in [2.75, 3.05) is 31.6 Å². The highest BCUT2D eigenvalue weighted by Crippen LogP contribution is 2.29. The summed E-state index contributed by atoms with van der Waals surface area (Å²) in [4.78, 5) is 14.7. The monoisotopic (exact) mass is 365 g/mol. The van der Waals surface area contributed by atoms with Gasteiger partial charge < -0.3 is 20.3 Å². The molecule has 2 aliphatic heterocycles. The number of ether oxygens (including phenoxy) is 1. The summed E-state index contributed by atoms with van der Waals surface area (Å²) >= 11 is 0. The van der Waals surface area contributed by atoms with Gasteiger partial charge in [0.2, 0.25) is 0 Å². The van der Waals surface area contributed by atoms with Crippen molar-refractivity contribution < 1.29 is 9.53 Å². The fraction of sp³-hybridized carbons (Fsp3) is 0.409. The molecule has 0 aromatic heterocycles. The predicted molar refractivity (Wildman–Crippen MR) is 107 cm³/mol. The molecule has 27 heavy (non-hydrogen) atoms. The molecule has 0 radical (unpaired) electrons. The summed E-state index contributed by atoms with van der Waals surface area (Å²) < 4.78 is 5.96. The standard InChI is InChI=1S/C22H27N3O2/c26-22(25-13-12-18-15-23-16-20(18)25)24-19-10-4-5-11-21(19)27-14-6-9-17-7-2-1-3-8-17/h1-5,7-8,10-11,18,20,23H,6,9,12-16H2,(H,24,26)/t18-,20+/m0/s1. The highest BCUT2D eigenvalue weighted by atomic mass is 16.5. The van der Waals surface area contributed by atoms with Gasteiger partial charge in [0.15, 0.2) is 0 Å². The first-order valence-corrected chi connectivity index (χ1v) is 9.85. The number of likely N-dealkylation sites (tertiary alicyclic amines) is 1. The minimum absolute atomic E-state index is 0.0217. The van der Waals surface area contributed by atoms with E-state index in [2.05, 4.69) is 34.9 Å². The topological polar surface area (TPSA) is 53.6 Å². The van der Waals surface area contributed by atoms with Crippen LogP contribution in [-0.2, 0) is 6.42 Å². The highest BCUT2D eigenvalue weighted by Gasteiger charge is 2.40. The van der Waals surface area contributed by atoms with Crippen molar-refractivity contribution in [2.45, 2.75) is 25.3 Å². The Morgan fingerprint density at radius 2 is 1.93 bits per heavy atom. The molecule has 2 atom stereocenters. The van der Waals surface area contributed by atoms with Crippen LogP contribution in [0.25, 0.3) is 0 Å². The molecule has 4 rings (SSSR count). The minimum Gasteiger partial charge on any atom is -0.491 e. The first-order chi connectivity index (χ1) is 13.3. The number of nitrogens with zero attached hydrogens (tertiary/aromatic N) is 1. The predicted octanol–water partition coefficient (Wildman–Crippen LogP) is 3.52. The van der Waals surface area contributed by atoms with Gasteiger partial charge in [0, 0.05) is 25.7 Å². The quantitative estimate of drug-likeness (QED) is 0.770. The molecule has 5 nitrogen and oxygen atoms in total. The van der Waals surface area contributed by atoms with Crippen molar-refractivity contribution in [3.05, 3.63) is 60.2 Å². The lowest BCUT2D eigenvalue weighted by Gasteiger charge is -2.24. The molecule has 0 aliphatic carbocycles. The fourth-order valence-corrected chi connectivity index (χ4v) is 4.09. The van der Waals surface area contributed by atoms with Crippen LogP contribution in [0.2, 0.25) is 0 Å². The van der Waals surface area contributed by atoms with Crippen molar-refractivity contribution in [1.82, 2.24) is 10.2 Å². The van der Waals surface area contributed by atoms with Gasteiger partial charge in [-0.15, -0.1) is 0 Å². The zero-order valence-corrected chi connectivity index (χ0v) is 15.6. The molecule has 2 N–H and O–H groups in total. The number of hydrogen-bond acceptors (Lipinski definition) is 3. The van der Waals surface area contributed by atoms with E-state index in [9.17, 15) is 4.79 Å². The van der Waals surface area contributed by atoms with Crippen molar-refractivity contribution in [3.63, 3.8) is 0 Å². The lowest BCUT2D eigenvalue weighted by atomic mass is 10.1. The van der Waals surface area contributed by atoms with Crippen molar-refractivity contribution >= 4 is 11.7 Å². The molecular formula is C22H27N3O2. The number of carbonyl (C=O) groups is 1. The number of benzene rings is 2. The lowest BCUT2D eigenvalue weighted by Crippen LogP contribution is -2.41. The van der Waals surface area contributed by atoms with Crippen LogP contribution in [0.5, 0.6) is 5.75 Å². The van der Waals surface area contributed by atoms with Crippen LogP contribution in [0.1, 0.15) is 18.4 Å². The molecular weight excluding hydrogens is 338 g/mol. The molecule has 2 aromatic rings. The van der Waals surface area contributed by atoms with Crippen LogP contribution >= 0.6 is 0 Å². The zero-order chi connectivity index (χ0) is 18.5. The van der Waals surface area contributed by atoms with E-state index in [1.54, 1.807) is 0 Å². The third-order valence-electron chi connectivity index (χ3n) is 5.54.